The third kappa shape index (κ3) is 3.81. The first-order valence-corrected chi connectivity index (χ1v) is 4.43. The SMILES string of the molecule is Cc1ccc(S[S-])cc1.[K+]. The molecule has 0 aromatic heterocycles. The van der Waals surface area contributed by atoms with E-state index in [1.54, 1.807) is 0 Å². The summed E-state index contributed by atoms with van der Waals surface area (Å²) >= 11 is 4.78. The van der Waals surface area contributed by atoms with Gasteiger partial charge < -0.3 is 11.7 Å². The van der Waals surface area contributed by atoms with E-state index in [-0.39, 0.29) is 51.4 Å². The maximum absolute atomic E-state index is 4.78. The quantitative estimate of drug-likeness (QED) is 0.337. The van der Waals surface area contributed by atoms with Crippen LogP contribution in [0.15, 0.2) is 29.2 Å². The molecule has 0 fully saturated rings. The van der Waals surface area contributed by atoms with Crippen molar-refractivity contribution in [2.45, 2.75) is 11.8 Å². The van der Waals surface area contributed by atoms with E-state index in [1.165, 1.54) is 16.4 Å². The molecular weight excluding hydrogens is 187 g/mol. The molecule has 0 saturated carbocycles. The summed E-state index contributed by atoms with van der Waals surface area (Å²) in [5.41, 5.74) is 1.28. The third-order valence-corrected chi connectivity index (χ3v) is 2.16. The van der Waals surface area contributed by atoms with Gasteiger partial charge in [-0.15, -0.1) is 0 Å². The summed E-state index contributed by atoms with van der Waals surface area (Å²) in [5.74, 6) is 0. The topological polar surface area (TPSA) is 0 Å². The zero-order valence-corrected chi connectivity index (χ0v) is 10.9. The summed E-state index contributed by atoms with van der Waals surface area (Å²) < 4.78 is 0. The predicted molar refractivity (Wildman–Crippen MR) is 44.4 cm³/mol. The van der Waals surface area contributed by atoms with E-state index in [1.807, 2.05) is 12.1 Å². The first kappa shape index (κ1) is 11.6. The van der Waals surface area contributed by atoms with Gasteiger partial charge in [0.15, 0.2) is 0 Å². The Kier molecular flexibility index (Phi) is 7.07. The Bertz CT molecular complexity index is 183. The minimum Gasteiger partial charge on any atom is -0.714 e. The molecule has 0 saturated heterocycles. The monoisotopic (exact) mass is 194 g/mol. The van der Waals surface area contributed by atoms with E-state index >= 15 is 0 Å². The van der Waals surface area contributed by atoms with Crippen molar-refractivity contribution in [2.75, 3.05) is 0 Å². The molecule has 0 aliphatic carbocycles. The summed E-state index contributed by atoms with van der Waals surface area (Å²) in [6.07, 6.45) is 0. The van der Waals surface area contributed by atoms with Crippen LogP contribution in [0.2, 0.25) is 0 Å². The molecule has 0 heterocycles. The normalized spacial score (nSPS) is 8.60. The van der Waals surface area contributed by atoms with Gasteiger partial charge in [0.2, 0.25) is 0 Å². The zero-order valence-electron chi connectivity index (χ0n) is 6.13. The molecule has 0 amide bonds. The molecule has 48 valence electrons. The van der Waals surface area contributed by atoms with Crippen molar-refractivity contribution in [2.24, 2.45) is 0 Å². The maximum atomic E-state index is 4.78. The average molecular weight is 194 g/mol. The Morgan fingerprint density at radius 1 is 1.20 bits per heavy atom. The largest absolute Gasteiger partial charge is 1.00 e. The second kappa shape index (κ2) is 6.11. The molecule has 0 N–H and O–H groups in total. The molecule has 0 aliphatic rings. The van der Waals surface area contributed by atoms with Crippen molar-refractivity contribution >= 4 is 22.5 Å². The minimum atomic E-state index is 0. The molecular formula is C7H7KS2. The summed E-state index contributed by atoms with van der Waals surface area (Å²) in [6.45, 7) is 2.07. The van der Waals surface area contributed by atoms with Gasteiger partial charge in [-0.25, -0.2) is 0 Å². The van der Waals surface area contributed by atoms with Crippen LogP contribution in [0.4, 0.5) is 0 Å². The number of hydrogen-bond acceptors (Lipinski definition) is 2. The molecule has 0 radical (unpaired) electrons. The van der Waals surface area contributed by atoms with E-state index in [0.717, 1.165) is 4.90 Å². The zero-order chi connectivity index (χ0) is 6.69. The van der Waals surface area contributed by atoms with E-state index in [4.69, 9.17) is 11.7 Å². The smallest absolute Gasteiger partial charge is 0.714 e. The van der Waals surface area contributed by atoms with Crippen LogP contribution < -0.4 is 51.4 Å². The average Bonchev–Trinajstić information content (AvgIpc) is 1.90. The molecule has 0 unspecified atom stereocenters. The van der Waals surface area contributed by atoms with Crippen LogP contribution >= 0.6 is 10.8 Å². The summed E-state index contributed by atoms with van der Waals surface area (Å²) in [7, 11) is 1.36. The standard InChI is InChI=1S/C7H8S2.K/c1-6-2-4-7(9-8)5-3-6;/h2-5,8H,1H3;/q;+1/p-1. The number of rotatable bonds is 1. The first-order chi connectivity index (χ1) is 4.33. The number of benzene rings is 1. The van der Waals surface area contributed by atoms with Gasteiger partial charge in [-0.2, -0.15) is 0 Å². The van der Waals surface area contributed by atoms with Crippen molar-refractivity contribution in [3.63, 3.8) is 0 Å². The Balaban J connectivity index is 0.000000810. The van der Waals surface area contributed by atoms with Gasteiger partial charge in [0.05, 0.1) is 0 Å². The van der Waals surface area contributed by atoms with E-state index in [2.05, 4.69) is 19.1 Å². The molecule has 0 nitrogen and oxygen atoms in total. The van der Waals surface area contributed by atoms with Gasteiger partial charge in [-0.05, 0) is 11.8 Å². The fourth-order valence-electron chi connectivity index (χ4n) is 0.594. The molecule has 0 atom stereocenters. The van der Waals surface area contributed by atoms with Crippen molar-refractivity contribution in [3.8, 4) is 0 Å². The molecule has 1 aromatic rings. The Labute approximate surface area is 113 Å². The van der Waals surface area contributed by atoms with Crippen molar-refractivity contribution in [3.05, 3.63) is 29.8 Å². The van der Waals surface area contributed by atoms with Crippen LogP contribution in [0.5, 0.6) is 0 Å². The molecule has 0 spiro atoms. The Morgan fingerprint density at radius 3 is 2.10 bits per heavy atom. The molecule has 0 bridgehead atoms. The van der Waals surface area contributed by atoms with Crippen LogP contribution in [-0.4, -0.2) is 0 Å². The van der Waals surface area contributed by atoms with Crippen molar-refractivity contribution < 1.29 is 51.4 Å². The van der Waals surface area contributed by atoms with Gasteiger partial charge in [0.25, 0.3) is 0 Å². The second-order valence-corrected chi connectivity index (χ2v) is 3.03. The van der Waals surface area contributed by atoms with Crippen molar-refractivity contribution in [1.29, 1.82) is 0 Å². The summed E-state index contributed by atoms with van der Waals surface area (Å²) in [4.78, 5) is 1.15. The fraction of sp³-hybridized carbons (Fsp3) is 0.143. The third-order valence-electron chi connectivity index (χ3n) is 1.12. The fourth-order valence-corrected chi connectivity index (χ4v) is 1.17. The molecule has 3 heteroatoms. The molecule has 1 aromatic carbocycles. The van der Waals surface area contributed by atoms with Crippen LogP contribution in [0, 0.1) is 6.92 Å². The van der Waals surface area contributed by atoms with Gasteiger partial charge >= 0.3 is 51.4 Å². The minimum absolute atomic E-state index is 0. The summed E-state index contributed by atoms with van der Waals surface area (Å²) in [5, 5.41) is 0. The molecule has 0 aliphatic heterocycles. The van der Waals surface area contributed by atoms with Crippen LogP contribution in [-0.2, 0) is 11.7 Å². The second-order valence-electron chi connectivity index (χ2n) is 1.90. The number of hydrogen-bond donors (Lipinski definition) is 0. The maximum Gasteiger partial charge on any atom is 1.00 e. The van der Waals surface area contributed by atoms with Gasteiger partial charge in [0, 0.05) is 0 Å². The van der Waals surface area contributed by atoms with Crippen LogP contribution in [0.1, 0.15) is 5.56 Å². The Hall–Kier alpha value is 1.56. The van der Waals surface area contributed by atoms with Crippen LogP contribution in [0.3, 0.4) is 0 Å². The van der Waals surface area contributed by atoms with E-state index in [0.29, 0.717) is 0 Å². The van der Waals surface area contributed by atoms with Gasteiger partial charge in [-0.1, -0.05) is 29.8 Å². The Morgan fingerprint density at radius 2 is 1.70 bits per heavy atom. The predicted octanol–water partition coefficient (Wildman–Crippen LogP) is -0.447. The molecule has 10 heavy (non-hydrogen) atoms. The van der Waals surface area contributed by atoms with Gasteiger partial charge in [0.1, 0.15) is 0 Å². The van der Waals surface area contributed by atoms with E-state index in [9.17, 15) is 0 Å². The van der Waals surface area contributed by atoms with Gasteiger partial charge in [-0.3, -0.25) is 10.8 Å². The van der Waals surface area contributed by atoms with E-state index < -0.39 is 0 Å². The first-order valence-electron chi connectivity index (χ1n) is 2.69. The number of aryl methyl sites for hydroxylation is 1. The van der Waals surface area contributed by atoms with Crippen molar-refractivity contribution in [1.82, 2.24) is 0 Å². The van der Waals surface area contributed by atoms with Crippen LogP contribution in [0.25, 0.3) is 0 Å². The molecule has 1 rings (SSSR count). The summed E-state index contributed by atoms with van der Waals surface area (Å²) in [6, 6.07) is 8.20.